The topological polar surface area (TPSA) is 98.6 Å². The molecule has 0 radical (unpaired) electrons. The molecular formula is C16H17N5O4. The highest BCUT2D eigenvalue weighted by Gasteiger charge is 2.36. The number of benzene rings is 1. The lowest BCUT2D eigenvalue weighted by Gasteiger charge is -2.34. The number of carbonyl (C=O) groups is 2. The molecule has 9 heteroatoms. The van der Waals surface area contributed by atoms with E-state index in [9.17, 15) is 9.59 Å². The van der Waals surface area contributed by atoms with Gasteiger partial charge in [0, 0.05) is 12.6 Å². The van der Waals surface area contributed by atoms with Crippen molar-refractivity contribution in [2.24, 2.45) is 0 Å². The number of amides is 2. The van der Waals surface area contributed by atoms with E-state index in [1.165, 1.54) is 4.90 Å². The van der Waals surface area contributed by atoms with E-state index in [1.54, 1.807) is 25.2 Å². The van der Waals surface area contributed by atoms with E-state index in [1.807, 2.05) is 11.5 Å². The molecule has 1 N–H and O–H groups in total. The second-order valence-corrected chi connectivity index (χ2v) is 5.91. The summed E-state index contributed by atoms with van der Waals surface area (Å²) in [5, 5.41) is 10.8. The Kier molecular flexibility index (Phi) is 3.56. The van der Waals surface area contributed by atoms with Gasteiger partial charge in [0.2, 0.25) is 12.7 Å². The monoisotopic (exact) mass is 343 g/mol. The van der Waals surface area contributed by atoms with Gasteiger partial charge < -0.3 is 24.3 Å². The van der Waals surface area contributed by atoms with E-state index in [0.717, 1.165) is 5.82 Å². The Morgan fingerprint density at radius 2 is 2.04 bits per heavy atom. The molecule has 0 bridgehead atoms. The van der Waals surface area contributed by atoms with Crippen LogP contribution in [0.1, 0.15) is 22.0 Å². The van der Waals surface area contributed by atoms with Crippen LogP contribution in [-0.2, 0) is 17.9 Å². The molecule has 2 aliphatic heterocycles. The number of hydrogen-bond donors (Lipinski definition) is 1. The third-order valence-corrected chi connectivity index (χ3v) is 4.49. The Bertz CT molecular complexity index is 862. The minimum atomic E-state index is -0.634. The van der Waals surface area contributed by atoms with E-state index < -0.39 is 6.04 Å². The lowest BCUT2D eigenvalue weighted by Crippen LogP contribution is -2.53. The SMILES string of the molecule is CNC(=O)C1Cn2c(C)nnc2CN1C(=O)c1ccc2c(c1)OCO2. The summed E-state index contributed by atoms with van der Waals surface area (Å²) in [7, 11) is 1.56. The summed E-state index contributed by atoms with van der Waals surface area (Å²) in [6.07, 6.45) is 0. The largest absolute Gasteiger partial charge is 0.454 e. The fourth-order valence-corrected chi connectivity index (χ4v) is 3.11. The van der Waals surface area contributed by atoms with Crippen LogP contribution in [0.5, 0.6) is 11.5 Å². The van der Waals surface area contributed by atoms with Gasteiger partial charge in [-0.3, -0.25) is 9.59 Å². The first kappa shape index (κ1) is 15.4. The van der Waals surface area contributed by atoms with Gasteiger partial charge in [0.25, 0.3) is 5.91 Å². The van der Waals surface area contributed by atoms with Gasteiger partial charge in [-0.05, 0) is 25.1 Å². The Balaban J connectivity index is 1.68. The molecule has 0 aliphatic carbocycles. The summed E-state index contributed by atoms with van der Waals surface area (Å²) in [5.74, 6) is 2.02. The summed E-state index contributed by atoms with van der Waals surface area (Å²) in [5.41, 5.74) is 0.433. The van der Waals surface area contributed by atoms with Gasteiger partial charge in [0.15, 0.2) is 17.3 Å². The van der Waals surface area contributed by atoms with E-state index in [4.69, 9.17) is 9.47 Å². The number of fused-ring (bicyclic) bond motifs is 2. The highest BCUT2D eigenvalue weighted by molar-refractivity contribution is 5.98. The van der Waals surface area contributed by atoms with Gasteiger partial charge in [-0.15, -0.1) is 10.2 Å². The Labute approximate surface area is 143 Å². The molecule has 0 saturated carbocycles. The molecule has 2 amide bonds. The van der Waals surface area contributed by atoms with Crippen LogP contribution in [0.25, 0.3) is 0 Å². The third kappa shape index (κ3) is 2.48. The second kappa shape index (κ2) is 5.76. The van der Waals surface area contributed by atoms with E-state index in [2.05, 4.69) is 15.5 Å². The summed E-state index contributed by atoms with van der Waals surface area (Å²) in [6.45, 7) is 2.50. The molecule has 1 aromatic carbocycles. The lowest BCUT2D eigenvalue weighted by atomic mass is 10.1. The van der Waals surface area contributed by atoms with Gasteiger partial charge >= 0.3 is 0 Å². The van der Waals surface area contributed by atoms with Crippen LogP contribution in [0, 0.1) is 6.92 Å². The average Bonchev–Trinajstić information content (AvgIpc) is 3.25. The van der Waals surface area contributed by atoms with Crippen molar-refractivity contribution in [3.63, 3.8) is 0 Å². The number of ether oxygens (including phenoxy) is 2. The van der Waals surface area contributed by atoms with Gasteiger partial charge in [0.1, 0.15) is 11.9 Å². The smallest absolute Gasteiger partial charge is 0.255 e. The van der Waals surface area contributed by atoms with Crippen molar-refractivity contribution in [1.29, 1.82) is 0 Å². The standard InChI is InChI=1S/C16H17N5O4/c1-9-18-19-14-7-21(11(6-20(9)14)15(22)17-2)16(23)10-3-4-12-13(5-10)25-8-24-12/h3-5,11H,6-8H2,1-2H3,(H,17,22). The lowest BCUT2D eigenvalue weighted by molar-refractivity contribution is -0.126. The Morgan fingerprint density at radius 1 is 1.24 bits per heavy atom. The van der Waals surface area contributed by atoms with Crippen LogP contribution >= 0.6 is 0 Å². The molecule has 1 unspecified atom stereocenters. The summed E-state index contributed by atoms with van der Waals surface area (Å²) >= 11 is 0. The number of hydrogen-bond acceptors (Lipinski definition) is 6. The van der Waals surface area contributed by atoms with Gasteiger partial charge in [-0.25, -0.2) is 0 Å². The fraction of sp³-hybridized carbons (Fsp3) is 0.375. The summed E-state index contributed by atoms with van der Waals surface area (Å²) < 4.78 is 12.5. The zero-order chi connectivity index (χ0) is 17.6. The van der Waals surface area contributed by atoms with E-state index in [-0.39, 0.29) is 25.2 Å². The number of nitrogens with zero attached hydrogens (tertiary/aromatic N) is 4. The van der Waals surface area contributed by atoms with Crippen LogP contribution in [-0.4, -0.2) is 51.4 Å². The molecule has 1 atom stereocenters. The minimum absolute atomic E-state index is 0.139. The number of likely N-dealkylation sites (N-methyl/N-ethyl adjacent to an activating group) is 1. The average molecular weight is 343 g/mol. The number of aromatic nitrogens is 3. The number of rotatable bonds is 2. The second-order valence-electron chi connectivity index (χ2n) is 5.91. The zero-order valence-electron chi connectivity index (χ0n) is 13.9. The van der Waals surface area contributed by atoms with Crippen LogP contribution in [0.3, 0.4) is 0 Å². The van der Waals surface area contributed by atoms with Crippen molar-refractivity contribution in [2.45, 2.75) is 26.1 Å². The van der Waals surface area contributed by atoms with E-state index in [0.29, 0.717) is 29.4 Å². The quantitative estimate of drug-likeness (QED) is 0.829. The molecule has 25 heavy (non-hydrogen) atoms. The predicted octanol–water partition coefficient (Wildman–Crippen LogP) is 0.0858. The van der Waals surface area contributed by atoms with Crippen LogP contribution in [0.15, 0.2) is 18.2 Å². The minimum Gasteiger partial charge on any atom is -0.454 e. The van der Waals surface area contributed by atoms with Crippen LogP contribution in [0.2, 0.25) is 0 Å². The fourth-order valence-electron chi connectivity index (χ4n) is 3.11. The Morgan fingerprint density at radius 3 is 2.84 bits per heavy atom. The first-order chi connectivity index (χ1) is 12.1. The molecule has 0 spiro atoms. The number of aryl methyl sites for hydroxylation is 1. The summed E-state index contributed by atoms with van der Waals surface area (Å²) in [4.78, 5) is 26.9. The summed E-state index contributed by atoms with van der Waals surface area (Å²) in [6, 6.07) is 4.36. The molecule has 0 saturated heterocycles. The van der Waals surface area contributed by atoms with Crippen molar-refractivity contribution in [3.8, 4) is 11.5 Å². The van der Waals surface area contributed by atoms with Gasteiger partial charge in [-0.2, -0.15) is 0 Å². The molecule has 3 heterocycles. The number of carbonyl (C=O) groups excluding carboxylic acids is 2. The molecule has 9 nitrogen and oxygen atoms in total. The highest BCUT2D eigenvalue weighted by Crippen LogP contribution is 2.33. The van der Waals surface area contributed by atoms with Crippen LogP contribution in [0.4, 0.5) is 0 Å². The molecule has 0 fully saturated rings. The predicted molar refractivity (Wildman–Crippen MR) is 85.1 cm³/mol. The molecule has 2 aromatic rings. The zero-order valence-corrected chi connectivity index (χ0v) is 13.9. The Hall–Kier alpha value is -3.10. The van der Waals surface area contributed by atoms with Gasteiger partial charge in [0.05, 0.1) is 13.1 Å². The van der Waals surface area contributed by atoms with Crippen molar-refractivity contribution in [2.75, 3.05) is 13.8 Å². The maximum Gasteiger partial charge on any atom is 0.255 e. The molecule has 1 aromatic heterocycles. The van der Waals surface area contributed by atoms with Crippen molar-refractivity contribution in [3.05, 3.63) is 35.4 Å². The maximum atomic E-state index is 13.0. The van der Waals surface area contributed by atoms with Crippen molar-refractivity contribution in [1.82, 2.24) is 25.0 Å². The maximum absolute atomic E-state index is 13.0. The molecule has 2 aliphatic rings. The van der Waals surface area contributed by atoms with E-state index >= 15 is 0 Å². The molecule has 130 valence electrons. The highest BCUT2D eigenvalue weighted by atomic mass is 16.7. The van der Waals surface area contributed by atoms with Crippen LogP contribution < -0.4 is 14.8 Å². The first-order valence-electron chi connectivity index (χ1n) is 7.89. The number of nitrogens with one attached hydrogen (secondary N) is 1. The molecular weight excluding hydrogens is 326 g/mol. The van der Waals surface area contributed by atoms with Gasteiger partial charge in [-0.1, -0.05) is 0 Å². The normalized spacial score (nSPS) is 18.0. The van der Waals surface area contributed by atoms with Crippen molar-refractivity contribution >= 4 is 11.8 Å². The first-order valence-corrected chi connectivity index (χ1v) is 7.89. The third-order valence-electron chi connectivity index (χ3n) is 4.49. The molecule has 4 rings (SSSR count). The van der Waals surface area contributed by atoms with Crippen molar-refractivity contribution < 1.29 is 19.1 Å².